The standard InChI is InChI=1S/C15H23NO3/c1-3-5-6-7-11-19-13-10-8-9-12(14(13)16)15(17)18-4-2/h8-10H,3-7,11,16H2,1-2H3. The minimum Gasteiger partial charge on any atom is -0.491 e. The molecule has 4 nitrogen and oxygen atoms in total. The van der Waals surface area contributed by atoms with Gasteiger partial charge in [0, 0.05) is 0 Å². The molecule has 19 heavy (non-hydrogen) atoms. The van der Waals surface area contributed by atoms with E-state index in [-0.39, 0.29) is 0 Å². The molecule has 0 aliphatic heterocycles. The van der Waals surface area contributed by atoms with Gasteiger partial charge in [0.05, 0.1) is 24.5 Å². The smallest absolute Gasteiger partial charge is 0.340 e. The molecule has 0 aliphatic carbocycles. The van der Waals surface area contributed by atoms with E-state index in [0.29, 0.717) is 30.2 Å². The monoisotopic (exact) mass is 265 g/mol. The normalized spacial score (nSPS) is 10.2. The molecule has 2 N–H and O–H groups in total. The fraction of sp³-hybridized carbons (Fsp3) is 0.533. The van der Waals surface area contributed by atoms with Crippen LogP contribution < -0.4 is 10.5 Å². The van der Waals surface area contributed by atoms with E-state index in [2.05, 4.69) is 6.92 Å². The van der Waals surface area contributed by atoms with Crippen LogP contribution in [0, 0.1) is 0 Å². The first-order valence-corrected chi connectivity index (χ1v) is 6.89. The summed E-state index contributed by atoms with van der Waals surface area (Å²) in [5.74, 6) is 0.151. The first-order valence-electron chi connectivity index (χ1n) is 6.89. The van der Waals surface area contributed by atoms with Crippen molar-refractivity contribution in [1.82, 2.24) is 0 Å². The summed E-state index contributed by atoms with van der Waals surface area (Å²) in [5, 5.41) is 0. The van der Waals surface area contributed by atoms with Crippen LogP contribution in [0.15, 0.2) is 18.2 Å². The fourth-order valence-electron chi connectivity index (χ4n) is 1.77. The summed E-state index contributed by atoms with van der Waals surface area (Å²) in [6, 6.07) is 5.18. The van der Waals surface area contributed by atoms with E-state index in [4.69, 9.17) is 15.2 Å². The average molecular weight is 265 g/mol. The van der Waals surface area contributed by atoms with E-state index in [0.717, 1.165) is 12.8 Å². The lowest BCUT2D eigenvalue weighted by Crippen LogP contribution is -2.09. The van der Waals surface area contributed by atoms with Crippen LogP contribution in [-0.2, 0) is 4.74 Å². The number of nitrogen functional groups attached to an aromatic ring is 1. The molecule has 1 aromatic rings. The summed E-state index contributed by atoms with van der Waals surface area (Å²) in [6.45, 7) is 4.89. The van der Waals surface area contributed by atoms with E-state index in [1.54, 1.807) is 25.1 Å². The summed E-state index contributed by atoms with van der Waals surface area (Å²) < 4.78 is 10.6. The molecule has 4 heteroatoms. The van der Waals surface area contributed by atoms with Gasteiger partial charge in [0.15, 0.2) is 0 Å². The second-order valence-corrected chi connectivity index (χ2v) is 4.35. The van der Waals surface area contributed by atoms with Gasteiger partial charge in [0.1, 0.15) is 5.75 Å². The van der Waals surface area contributed by atoms with Crippen LogP contribution >= 0.6 is 0 Å². The Kier molecular flexibility index (Phi) is 6.79. The van der Waals surface area contributed by atoms with Crippen molar-refractivity contribution >= 4 is 11.7 Å². The maximum Gasteiger partial charge on any atom is 0.340 e. The Morgan fingerprint density at radius 2 is 2.00 bits per heavy atom. The second-order valence-electron chi connectivity index (χ2n) is 4.35. The topological polar surface area (TPSA) is 61.5 Å². The maximum atomic E-state index is 11.7. The zero-order valence-corrected chi connectivity index (χ0v) is 11.8. The summed E-state index contributed by atoms with van der Waals surface area (Å²) in [4.78, 5) is 11.7. The van der Waals surface area contributed by atoms with Gasteiger partial charge >= 0.3 is 5.97 Å². The van der Waals surface area contributed by atoms with Crippen molar-refractivity contribution in [3.8, 4) is 5.75 Å². The number of hydrogen-bond donors (Lipinski definition) is 1. The van der Waals surface area contributed by atoms with Gasteiger partial charge in [0.25, 0.3) is 0 Å². The van der Waals surface area contributed by atoms with Crippen LogP contribution in [0.1, 0.15) is 49.9 Å². The van der Waals surface area contributed by atoms with Gasteiger partial charge in [-0.15, -0.1) is 0 Å². The van der Waals surface area contributed by atoms with Gasteiger partial charge in [-0.3, -0.25) is 0 Å². The highest BCUT2D eigenvalue weighted by molar-refractivity contribution is 5.96. The van der Waals surface area contributed by atoms with Crippen LogP contribution in [-0.4, -0.2) is 19.2 Å². The third kappa shape index (κ3) is 4.81. The number of nitrogens with two attached hydrogens (primary N) is 1. The molecule has 0 atom stereocenters. The lowest BCUT2D eigenvalue weighted by Gasteiger charge is -2.11. The van der Waals surface area contributed by atoms with Crippen molar-refractivity contribution in [2.24, 2.45) is 0 Å². The maximum absolute atomic E-state index is 11.7. The zero-order chi connectivity index (χ0) is 14.1. The predicted octanol–water partition coefficient (Wildman–Crippen LogP) is 3.40. The molecular weight excluding hydrogens is 242 g/mol. The molecule has 0 aromatic heterocycles. The molecule has 0 aliphatic rings. The molecule has 0 unspecified atom stereocenters. The summed E-state index contributed by atoms with van der Waals surface area (Å²) >= 11 is 0. The van der Waals surface area contributed by atoms with E-state index in [1.165, 1.54) is 12.8 Å². The number of unbranched alkanes of at least 4 members (excludes halogenated alkanes) is 3. The first kappa shape index (κ1) is 15.3. The van der Waals surface area contributed by atoms with Crippen molar-refractivity contribution in [1.29, 1.82) is 0 Å². The summed E-state index contributed by atoms with van der Waals surface area (Å²) in [7, 11) is 0. The lowest BCUT2D eigenvalue weighted by molar-refractivity contribution is 0.0527. The number of rotatable bonds is 8. The lowest BCUT2D eigenvalue weighted by atomic mass is 10.1. The SMILES string of the molecule is CCCCCCOc1cccc(C(=O)OCC)c1N. The molecule has 0 bridgehead atoms. The Morgan fingerprint density at radius 3 is 2.68 bits per heavy atom. The van der Waals surface area contributed by atoms with E-state index >= 15 is 0 Å². The molecule has 0 saturated heterocycles. The Hall–Kier alpha value is -1.71. The van der Waals surface area contributed by atoms with Gasteiger partial charge in [-0.1, -0.05) is 32.3 Å². The molecule has 1 rings (SSSR count). The number of hydrogen-bond acceptors (Lipinski definition) is 4. The molecule has 106 valence electrons. The molecular formula is C15H23NO3. The third-order valence-electron chi connectivity index (χ3n) is 2.82. The van der Waals surface area contributed by atoms with E-state index in [9.17, 15) is 4.79 Å². The quantitative estimate of drug-likeness (QED) is 0.444. The average Bonchev–Trinajstić information content (AvgIpc) is 2.40. The Bertz CT molecular complexity index is 404. The third-order valence-corrected chi connectivity index (χ3v) is 2.82. The fourth-order valence-corrected chi connectivity index (χ4v) is 1.77. The van der Waals surface area contributed by atoms with Gasteiger partial charge in [0.2, 0.25) is 0 Å². The van der Waals surface area contributed by atoms with Crippen molar-refractivity contribution in [2.75, 3.05) is 18.9 Å². The van der Waals surface area contributed by atoms with Crippen LogP contribution in [0.2, 0.25) is 0 Å². The highest BCUT2D eigenvalue weighted by atomic mass is 16.5. The van der Waals surface area contributed by atoms with E-state index < -0.39 is 5.97 Å². The Balaban J connectivity index is 2.59. The molecule has 0 heterocycles. The Labute approximate surface area is 114 Å². The summed E-state index contributed by atoms with van der Waals surface area (Å²) in [5.41, 5.74) is 6.66. The highest BCUT2D eigenvalue weighted by Gasteiger charge is 2.13. The molecule has 0 amide bonds. The zero-order valence-electron chi connectivity index (χ0n) is 11.8. The number of anilines is 1. The van der Waals surface area contributed by atoms with Gasteiger partial charge in [-0.2, -0.15) is 0 Å². The van der Waals surface area contributed by atoms with Crippen LogP contribution in [0.5, 0.6) is 5.75 Å². The minimum atomic E-state index is -0.406. The minimum absolute atomic E-state index is 0.334. The molecule has 0 fully saturated rings. The van der Waals surface area contributed by atoms with Gasteiger partial charge in [-0.25, -0.2) is 4.79 Å². The van der Waals surface area contributed by atoms with Crippen LogP contribution in [0.4, 0.5) is 5.69 Å². The van der Waals surface area contributed by atoms with Crippen molar-refractivity contribution in [3.63, 3.8) is 0 Å². The molecule has 0 spiro atoms. The predicted molar refractivity (Wildman–Crippen MR) is 76.4 cm³/mol. The number of carbonyl (C=O) groups is 1. The number of para-hydroxylation sites is 1. The van der Waals surface area contributed by atoms with Gasteiger partial charge < -0.3 is 15.2 Å². The largest absolute Gasteiger partial charge is 0.491 e. The van der Waals surface area contributed by atoms with E-state index in [1.807, 2.05) is 0 Å². The Morgan fingerprint density at radius 1 is 1.21 bits per heavy atom. The number of benzene rings is 1. The molecule has 0 radical (unpaired) electrons. The summed E-state index contributed by atoms with van der Waals surface area (Å²) in [6.07, 6.45) is 4.55. The number of carbonyl (C=O) groups excluding carboxylic acids is 1. The van der Waals surface area contributed by atoms with Crippen molar-refractivity contribution in [3.05, 3.63) is 23.8 Å². The molecule has 1 aromatic carbocycles. The van der Waals surface area contributed by atoms with Crippen LogP contribution in [0.3, 0.4) is 0 Å². The highest BCUT2D eigenvalue weighted by Crippen LogP contribution is 2.26. The van der Waals surface area contributed by atoms with Crippen molar-refractivity contribution < 1.29 is 14.3 Å². The van der Waals surface area contributed by atoms with Crippen LogP contribution in [0.25, 0.3) is 0 Å². The number of esters is 1. The second kappa shape index (κ2) is 8.40. The number of ether oxygens (including phenoxy) is 2. The van der Waals surface area contributed by atoms with Crippen molar-refractivity contribution in [2.45, 2.75) is 39.5 Å². The first-order chi connectivity index (χ1) is 9.20. The molecule has 0 saturated carbocycles. The van der Waals surface area contributed by atoms with Gasteiger partial charge in [-0.05, 0) is 25.5 Å².